The van der Waals surface area contributed by atoms with E-state index in [9.17, 15) is 4.79 Å². The van der Waals surface area contributed by atoms with Crippen molar-refractivity contribution in [2.45, 2.75) is 32.8 Å². The molecule has 0 spiro atoms. The molecule has 1 aromatic heterocycles. The molecule has 0 amide bonds. The van der Waals surface area contributed by atoms with Crippen LogP contribution in [0.1, 0.15) is 34.6 Å². The molecule has 0 N–H and O–H groups in total. The summed E-state index contributed by atoms with van der Waals surface area (Å²) < 4.78 is 12.5. The van der Waals surface area contributed by atoms with Crippen molar-refractivity contribution in [1.82, 2.24) is 9.78 Å². The van der Waals surface area contributed by atoms with Crippen molar-refractivity contribution in [3.63, 3.8) is 0 Å². The molecule has 1 fully saturated rings. The molecule has 1 aromatic carbocycles. The fourth-order valence-corrected chi connectivity index (χ4v) is 2.76. The van der Waals surface area contributed by atoms with E-state index in [1.807, 2.05) is 26.0 Å². The summed E-state index contributed by atoms with van der Waals surface area (Å²) in [6.07, 6.45) is 2.02. The van der Waals surface area contributed by atoms with Gasteiger partial charge in [0.15, 0.2) is 0 Å². The number of aromatic nitrogens is 2. The highest BCUT2D eigenvalue weighted by molar-refractivity contribution is 6.31. The van der Waals surface area contributed by atoms with Crippen LogP contribution in [0.15, 0.2) is 24.3 Å². The fourth-order valence-electron chi connectivity index (χ4n) is 2.64. The minimum atomic E-state index is -0.335. The van der Waals surface area contributed by atoms with Crippen LogP contribution in [0.25, 0.3) is 5.69 Å². The number of ether oxygens (including phenoxy) is 2. The Labute approximate surface area is 140 Å². The highest BCUT2D eigenvalue weighted by Crippen LogP contribution is 2.22. The van der Waals surface area contributed by atoms with Gasteiger partial charge in [0.1, 0.15) is 6.61 Å². The number of rotatable bonds is 4. The maximum Gasteiger partial charge on any atom is 0.338 e. The maximum atomic E-state index is 12.1. The molecule has 0 aliphatic carbocycles. The third kappa shape index (κ3) is 3.41. The molecular formula is C17H19ClN2O3. The van der Waals surface area contributed by atoms with Crippen molar-refractivity contribution in [2.75, 3.05) is 13.2 Å². The third-order valence-electron chi connectivity index (χ3n) is 3.97. The van der Waals surface area contributed by atoms with Crippen LogP contribution < -0.4 is 0 Å². The number of nitrogens with zero attached hydrogens (tertiary/aromatic N) is 2. The van der Waals surface area contributed by atoms with Crippen LogP contribution in [0.4, 0.5) is 0 Å². The minimum Gasteiger partial charge on any atom is -0.459 e. The van der Waals surface area contributed by atoms with E-state index in [2.05, 4.69) is 5.10 Å². The zero-order chi connectivity index (χ0) is 16.4. The van der Waals surface area contributed by atoms with Crippen molar-refractivity contribution in [2.24, 2.45) is 0 Å². The lowest BCUT2D eigenvalue weighted by atomic mass is 10.2. The van der Waals surface area contributed by atoms with Gasteiger partial charge in [0, 0.05) is 6.61 Å². The zero-order valence-corrected chi connectivity index (χ0v) is 14.0. The van der Waals surface area contributed by atoms with Gasteiger partial charge in [-0.05, 0) is 51.0 Å². The molecule has 0 radical (unpaired) electrons. The number of carbonyl (C=O) groups is 1. The van der Waals surface area contributed by atoms with Gasteiger partial charge in [-0.3, -0.25) is 0 Å². The molecule has 1 aliphatic heterocycles. The first-order valence-electron chi connectivity index (χ1n) is 7.67. The van der Waals surface area contributed by atoms with E-state index < -0.39 is 0 Å². The standard InChI is InChI=1S/C17H19ClN2O3/c1-11-16(18)12(2)20(19-11)14-7-5-13(6-8-14)17(21)23-10-15-4-3-9-22-15/h5-8,15H,3-4,9-10H2,1-2H3. The van der Waals surface area contributed by atoms with E-state index in [-0.39, 0.29) is 12.1 Å². The molecule has 2 aromatic rings. The summed E-state index contributed by atoms with van der Waals surface area (Å²) in [5, 5.41) is 5.05. The Morgan fingerprint density at radius 2 is 2.13 bits per heavy atom. The van der Waals surface area contributed by atoms with Crippen molar-refractivity contribution in [1.29, 1.82) is 0 Å². The Morgan fingerprint density at radius 3 is 2.70 bits per heavy atom. The monoisotopic (exact) mass is 334 g/mol. The second-order valence-corrected chi connectivity index (χ2v) is 6.05. The van der Waals surface area contributed by atoms with Gasteiger partial charge in [0.25, 0.3) is 0 Å². The number of benzene rings is 1. The molecule has 1 atom stereocenters. The molecule has 122 valence electrons. The first-order valence-corrected chi connectivity index (χ1v) is 8.05. The Hall–Kier alpha value is -1.85. The van der Waals surface area contributed by atoms with E-state index in [1.165, 1.54) is 0 Å². The summed E-state index contributed by atoms with van der Waals surface area (Å²) in [5.41, 5.74) is 3.02. The van der Waals surface area contributed by atoms with Gasteiger partial charge in [-0.1, -0.05) is 11.6 Å². The van der Waals surface area contributed by atoms with Crippen LogP contribution in [0.3, 0.4) is 0 Å². The van der Waals surface area contributed by atoms with Gasteiger partial charge in [0.05, 0.1) is 33.8 Å². The number of esters is 1. The van der Waals surface area contributed by atoms with Gasteiger partial charge in [-0.2, -0.15) is 5.10 Å². The molecular weight excluding hydrogens is 316 g/mol. The van der Waals surface area contributed by atoms with Gasteiger partial charge in [-0.25, -0.2) is 9.48 Å². The molecule has 1 unspecified atom stereocenters. The highest BCUT2D eigenvalue weighted by Gasteiger charge is 2.18. The van der Waals surface area contributed by atoms with Crippen LogP contribution in [0, 0.1) is 13.8 Å². The molecule has 0 bridgehead atoms. The SMILES string of the molecule is Cc1nn(-c2ccc(C(=O)OCC3CCCO3)cc2)c(C)c1Cl. The van der Waals surface area contributed by atoms with Crippen LogP contribution in [0.5, 0.6) is 0 Å². The summed E-state index contributed by atoms with van der Waals surface area (Å²) in [6, 6.07) is 7.13. The lowest BCUT2D eigenvalue weighted by Crippen LogP contribution is -2.17. The average molecular weight is 335 g/mol. The predicted octanol–water partition coefficient (Wildman–Crippen LogP) is 3.48. The summed E-state index contributed by atoms with van der Waals surface area (Å²) in [5.74, 6) is -0.335. The third-order valence-corrected chi connectivity index (χ3v) is 4.52. The lowest BCUT2D eigenvalue weighted by molar-refractivity contribution is 0.0161. The maximum absolute atomic E-state index is 12.1. The lowest BCUT2D eigenvalue weighted by Gasteiger charge is -2.10. The molecule has 23 heavy (non-hydrogen) atoms. The largest absolute Gasteiger partial charge is 0.459 e. The van der Waals surface area contributed by atoms with Crippen molar-refractivity contribution in [3.05, 3.63) is 46.2 Å². The van der Waals surface area contributed by atoms with Gasteiger partial charge in [0.2, 0.25) is 0 Å². The normalized spacial score (nSPS) is 17.4. The first-order chi connectivity index (χ1) is 11.1. The Morgan fingerprint density at radius 1 is 1.39 bits per heavy atom. The van der Waals surface area contributed by atoms with Crippen molar-refractivity contribution >= 4 is 17.6 Å². The number of hydrogen-bond donors (Lipinski definition) is 0. The second-order valence-electron chi connectivity index (χ2n) is 5.68. The smallest absolute Gasteiger partial charge is 0.338 e. The fraction of sp³-hybridized carbons (Fsp3) is 0.412. The minimum absolute atomic E-state index is 0.0371. The summed E-state index contributed by atoms with van der Waals surface area (Å²) in [4.78, 5) is 12.1. The Balaban J connectivity index is 1.68. The van der Waals surface area contributed by atoms with E-state index in [0.717, 1.165) is 36.5 Å². The number of halogens is 1. The van der Waals surface area contributed by atoms with E-state index in [4.69, 9.17) is 21.1 Å². The van der Waals surface area contributed by atoms with Gasteiger partial charge in [-0.15, -0.1) is 0 Å². The van der Waals surface area contributed by atoms with Crippen molar-refractivity contribution in [3.8, 4) is 5.69 Å². The van der Waals surface area contributed by atoms with E-state index >= 15 is 0 Å². The molecule has 3 rings (SSSR count). The first kappa shape index (κ1) is 16.0. The zero-order valence-electron chi connectivity index (χ0n) is 13.2. The molecule has 1 aliphatic rings. The summed E-state index contributed by atoms with van der Waals surface area (Å²) >= 11 is 6.16. The molecule has 6 heteroatoms. The van der Waals surface area contributed by atoms with Crippen molar-refractivity contribution < 1.29 is 14.3 Å². The average Bonchev–Trinajstić information content (AvgIpc) is 3.17. The van der Waals surface area contributed by atoms with Crippen LogP contribution >= 0.6 is 11.6 Å². The number of aryl methyl sites for hydroxylation is 1. The van der Waals surface area contributed by atoms with Crippen LogP contribution in [-0.4, -0.2) is 35.1 Å². The van der Waals surface area contributed by atoms with Gasteiger partial charge >= 0.3 is 5.97 Å². The molecule has 0 saturated carbocycles. The topological polar surface area (TPSA) is 53.4 Å². The molecule has 1 saturated heterocycles. The quantitative estimate of drug-likeness (QED) is 0.803. The second kappa shape index (κ2) is 6.72. The number of hydrogen-bond acceptors (Lipinski definition) is 4. The van der Waals surface area contributed by atoms with Crippen LogP contribution in [-0.2, 0) is 9.47 Å². The number of carbonyl (C=O) groups excluding carboxylic acids is 1. The predicted molar refractivity (Wildman–Crippen MR) is 87.3 cm³/mol. The Kier molecular flexibility index (Phi) is 4.68. The van der Waals surface area contributed by atoms with Gasteiger partial charge < -0.3 is 9.47 Å². The molecule has 5 nitrogen and oxygen atoms in total. The molecule has 2 heterocycles. The summed E-state index contributed by atoms with van der Waals surface area (Å²) in [7, 11) is 0. The highest BCUT2D eigenvalue weighted by atomic mass is 35.5. The Bertz CT molecular complexity index is 703. The van der Waals surface area contributed by atoms with Crippen LogP contribution in [0.2, 0.25) is 5.02 Å². The summed E-state index contributed by atoms with van der Waals surface area (Å²) in [6.45, 7) is 4.84. The van der Waals surface area contributed by atoms with E-state index in [0.29, 0.717) is 17.2 Å². The van der Waals surface area contributed by atoms with E-state index in [1.54, 1.807) is 16.8 Å².